The lowest BCUT2D eigenvalue weighted by Gasteiger charge is -2.09. The minimum absolute atomic E-state index is 0.156. The van der Waals surface area contributed by atoms with Gasteiger partial charge in [-0.1, -0.05) is 29.8 Å². The maximum Gasteiger partial charge on any atom is 0.240 e. The summed E-state index contributed by atoms with van der Waals surface area (Å²) in [4.78, 5) is 5.14. The van der Waals surface area contributed by atoms with Gasteiger partial charge in [0, 0.05) is 23.4 Å². The zero-order chi connectivity index (χ0) is 20.6. The molecule has 0 amide bonds. The van der Waals surface area contributed by atoms with Gasteiger partial charge in [0.05, 0.1) is 16.2 Å². The fraction of sp³-hybridized carbons (Fsp3) is 0.158. The van der Waals surface area contributed by atoms with E-state index < -0.39 is 15.8 Å². The summed E-state index contributed by atoms with van der Waals surface area (Å²) in [5.41, 5.74) is 1.72. The molecule has 29 heavy (non-hydrogen) atoms. The van der Waals surface area contributed by atoms with Crippen LogP contribution in [0.4, 0.5) is 4.39 Å². The second kappa shape index (κ2) is 7.83. The molecule has 0 unspecified atom stereocenters. The van der Waals surface area contributed by atoms with Crippen molar-refractivity contribution < 1.29 is 12.8 Å². The third-order valence-electron chi connectivity index (χ3n) is 4.38. The molecular formula is C19H16ClFN4O2S2. The van der Waals surface area contributed by atoms with E-state index in [0.717, 1.165) is 5.69 Å². The number of aryl methyl sites for hydroxylation is 1. The number of nitrogens with one attached hydrogen (secondary N) is 1. The van der Waals surface area contributed by atoms with Gasteiger partial charge in [-0.15, -0.1) is 16.4 Å². The second-order valence-corrected chi connectivity index (χ2v) is 9.40. The summed E-state index contributed by atoms with van der Waals surface area (Å²) in [6.45, 7) is 1.89. The quantitative estimate of drug-likeness (QED) is 0.480. The largest absolute Gasteiger partial charge is 0.240 e. The fourth-order valence-electron chi connectivity index (χ4n) is 2.91. The minimum Gasteiger partial charge on any atom is -0.211 e. The number of halogens is 2. The topological polar surface area (TPSA) is 76.4 Å². The highest BCUT2D eigenvalue weighted by Crippen LogP contribution is 2.23. The van der Waals surface area contributed by atoms with Crippen molar-refractivity contribution in [3.63, 3.8) is 0 Å². The highest BCUT2D eigenvalue weighted by atomic mass is 35.5. The number of aromatic nitrogens is 3. The lowest BCUT2D eigenvalue weighted by atomic mass is 10.2. The Bertz CT molecular complexity index is 1300. The molecule has 0 bridgehead atoms. The van der Waals surface area contributed by atoms with Crippen LogP contribution >= 0.6 is 22.9 Å². The summed E-state index contributed by atoms with van der Waals surface area (Å²) in [5, 5.41) is 6.60. The van der Waals surface area contributed by atoms with Gasteiger partial charge in [0.15, 0.2) is 5.82 Å². The standard InChI is InChI=1S/C19H16ClFN4O2S2/c1-12-6-7-13(20)10-17(12)29(26,27)22-9-8-14-11-28-19-23-18(24-25(14)19)15-4-2-3-5-16(15)21/h2-7,10-11,22H,8-9H2,1H3. The summed E-state index contributed by atoms with van der Waals surface area (Å²) in [6.07, 6.45) is 0.402. The molecular weight excluding hydrogens is 435 g/mol. The molecule has 0 spiro atoms. The Balaban J connectivity index is 1.52. The number of hydrogen-bond acceptors (Lipinski definition) is 5. The van der Waals surface area contributed by atoms with Gasteiger partial charge < -0.3 is 0 Å². The van der Waals surface area contributed by atoms with E-state index in [2.05, 4.69) is 14.8 Å². The van der Waals surface area contributed by atoms with Gasteiger partial charge in [-0.3, -0.25) is 0 Å². The van der Waals surface area contributed by atoms with Crippen LogP contribution in [-0.2, 0) is 16.4 Å². The average molecular weight is 451 g/mol. The van der Waals surface area contributed by atoms with Crippen molar-refractivity contribution in [1.29, 1.82) is 0 Å². The van der Waals surface area contributed by atoms with Gasteiger partial charge in [0.2, 0.25) is 15.0 Å². The number of benzene rings is 2. The van der Waals surface area contributed by atoms with E-state index in [0.29, 0.717) is 33.4 Å². The van der Waals surface area contributed by atoms with E-state index in [1.165, 1.54) is 23.5 Å². The third kappa shape index (κ3) is 4.04. The highest BCUT2D eigenvalue weighted by Gasteiger charge is 2.18. The molecule has 0 aliphatic rings. The van der Waals surface area contributed by atoms with Gasteiger partial charge in [0.25, 0.3) is 0 Å². The summed E-state index contributed by atoms with van der Waals surface area (Å²) >= 11 is 7.30. The number of hydrogen-bond donors (Lipinski definition) is 1. The Labute approximate surface area is 176 Å². The van der Waals surface area contributed by atoms with Crippen molar-refractivity contribution in [2.24, 2.45) is 0 Å². The Hall–Kier alpha value is -2.33. The molecule has 2 aromatic carbocycles. The minimum atomic E-state index is -3.69. The maximum atomic E-state index is 14.0. The molecule has 2 heterocycles. The molecule has 0 fully saturated rings. The molecule has 4 aromatic rings. The van der Waals surface area contributed by atoms with Crippen molar-refractivity contribution in [2.75, 3.05) is 6.54 Å². The van der Waals surface area contributed by atoms with E-state index in [-0.39, 0.29) is 11.4 Å². The predicted molar refractivity (Wildman–Crippen MR) is 111 cm³/mol. The van der Waals surface area contributed by atoms with Gasteiger partial charge in [-0.25, -0.2) is 22.0 Å². The maximum absolute atomic E-state index is 14.0. The van der Waals surface area contributed by atoms with Crippen LogP contribution in [0.5, 0.6) is 0 Å². The van der Waals surface area contributed by atoms with Crippen LogP contribution in [0.15, 0.2) is 52.7 Å². The van der Waals surface area contributed by atoms with Crippen LogP contribution in [0.25, 0.3) is 16.3 Å². The third-order valence-corrected chi connectivity index (χ3v) is 7.08. The molecule has 2 aromatic heterocycles. The summed E-state index contributed by atoms with van der Waals surface area (Å²) in [6, 6.07) is 11.1. The van der Waals surface area contributed by atoms with Crippen LogP contribution < -0.4 is 4.72 Å². The highest BCUT2D eigenvalue weighted by molar-refractivity contribution is 7.89. The molecule has 4 rings (SSSR count). The van der Waals surface area contributed by atoms with E-state index in [1.54, 1.807) is 41.8 Å². The molecule has 0 radical (unpaired) electrons. The number of fused-ring (bicyclic) bond motifs is 1. The molecule has 0 aliphatic heterocycles. The predicted octanol–water partition coefficient (Wildman–Crippen LogP) is 4.08. The Kier molecular flexibility index (Phi) is 5.39. The first kappa shape index (κ1) is 20.0. The molecule has 0 aliphatic carbocycles. The van der Waals surface area contributed by atoms with Gasteiger partial charge >= 0.3 is 0 Å². The van der Waals surface area contributed by atoms with Crippen LogP contribution in [-0.4, -0.2) is 29.6 Å². The van der Waals surface area contributed by atoms with Crippen molar-refractivity contribution in [2.45, 2.75) is 18.2 Å². The van der Waals surface area contributed by atoms with Crippen molar-refractivity contribution in [3.8, 4) is 11.4 Å². The average Bonchev–Trinajstić information content (AvgIpc) is 3.25. The van der Waals surface area contributed by atoms with Gasteiger partial charge in [-0.05, 0) is 36.8 Å². The van der Waals surface area contributed by atoms with E-state index in [9.17, 15) is 12.8 Å². The van der Waals surface area contributed by atoms with Crippen molar-refractivity contribution in [1.82, 2.24) is 19.3 Å². The van der Waals surface area contributed by atoms with Crippen LogP contribution in [0.1, 0.15) is 11.3 Å². The summed E-state index contributed by atoms with van der Waals surface area (Å²) < 4.78 is 43.4. The molecule has 0 atom stereocenters. The van der Waals surface area contributed by atoms with Crippen molar-refractivity contribution in [3.05, 3.63) is 69.9 Å². The Morgan fingerprint density at radius 2 is 2.03 bits per heavy atom. The number of thiazole rings is 1. The lowest BCUT2D eigenvalue weighted by molar-refractivity contribution is 0.580. The van der Waals surface area contributed by atoms with Crippen molar-refractivity contribution >= 4 is 37.9 Å². The first-order valence-corrected chi connectivity index (χ1v) is 11.4. The first-order valence-electron chi connectivity index (χ1n) is 8.69. The smallest absolute Gasteiger partial charge is 0.211 e. The van der Waals surface area contributed by atoms with E-state index >= 15 is 0 Å². The molecule has 1 N–H and O–H groups in total. The number of nitrogens with zero attached hydrogens (tertiary/aromatic N) is 3. The summed E-state index contributed by atoms with van der Waals surface area (Å²) in [7, 11) is -3.69. The molecule has 0 saturated heterocycles. The van der Waals surface area contributed by atoms with Crippen LogP contribution in [0.3, 0.4) is 0 Å². The van der Waals surface area contributed by atoms with E-state index in [1.807, 2.05) is 5.38 Å². The Morgan fingerprint density at radius 3 is 2.83 bits per heavy atom. The molecule has 6 nitrogen and oxygen atoms in total. The first-order chi connectivity index (χ1) is 13.8. The molecule has 150 valence electrons. The van der Waals surface area contributed by atoms with Crippen LogP contribution in [0, 0.1) is 12.7 Å². The monoisotopic (exact) mass is 450 g/mol. The van der Waals surface area contributed by atoms with Gasteiger partial charge in [-0.2, -0.15) is 4.98 Å². The SMILES string of the molecule is Cc1ccc(Cl)cc1S(=O)(=O)NCCc1csc2nc(-c3ccccc3F)nn12. The molecule has 10 heteroatoms. The zero-order valence-electron chi connectivity index (χ0n) is 15.3. The Morgan fingerprint density at radius 1 is 1.24 bits per heavy atom. The lowest BCUT2D eigenvalue weighted by Crippen LogP contribution is -2.27. The van der Waals surface area contributed by atoms with Crippen LogP contribution in [0.2, 0.25) is 5.02 Å². The van der Waals surface area contributed by atoms with E-state index in [4.69, 9.17) is 11.6 Å². The fourth-order valence-corrected chi connectivity index (χ4v) is 5.30. The number of sulfonamides is 1. The molecule has 0 saturated carbocycles. The zero-order valence-corrected chi connectivity index (χ0v) is 17.7. The van der Waals surface area contributed by atoms with Gasteiger partial charge in [0.1, 0.15) is 5.82 Å². The second-order valence-electron chi connectivity index (χ2n) is 6.39. The number of rotatable bonds is 6. The normalized spacial score (nSPS) is 12.0. The summed E-state index contributed by atoms with van der Waals surface area (Å²) in [5.74, 6) is -0.0942.